The largest absolute Gasteiger partial charge is 0.467 e. The minimum atomic E-state index is -0.633. The highest BCUT2D eigenvalue weighted by molar-refractivity contribution is 5.85. The number of ketones is 2. The highest BCUT2D eigenvalue weighted by Crippen LogP contribution is 2.28. The highest BCUT2D eigenvalue weighted by atomic mass is 16.5. The molecule has 3 atom stereocenters. The van der Waals surface area contributed by atoms with Crippen molar-refractivity contribution in [3.05, 3.63) is 0 Å². The number of hydrogen-bond donors (Lipinski definition) is 0. The van der Waals surface area contributed by atoms with Gasteiger partial charge in [-0.2, -0.15) is 0 Å². The summed E-state index contributed by atoms with van der Waals surface area (Å²) >= 11 is 0. The summed E-state index contributed by atoms with van der Waals surface area (Å²) in [6.07, 6.45) is 17.1. The summed E-state index contributed by atoms with van der Waals surface area (Å²) in [6.45, 7) is 4.92. The summed E-state index contributed by atoms with van der Waals surface area (Å²) < 4.78 is 5.13. The highest BCUT2D eigenvalue weighted by Gasteiger charge is 2.37. The number of esters is 1. The van der Waals surface area contributed by atoms with E-state index in [2.05, 4.69) is 13.8 Å². The van der Waals surface area contributed by atoms with Gasteiger partial charge in [-0.05, 0) is 64.2 Å². The van der Waals surface area contributed by atoms with E-state index in [1.54, 1.807) is 4.90 Å². The Labute approximate surface area is 254 Å². The Morgan fingerprint density at radius 3 is 1.90 bits per heavy atom. The Kier molecular flexibility index (Phi) is 17.6. The van der Waals surface area contributed by atoms with Gasteiger partial charge in [0.2, 0.25) is 11.8 Å². The van der Waals surface area contributed by atoms with Crippen LogP contribution < -0.4 is 0 Å². The van der Waals surface area contributed by atoms with Crippen LogP contribution in [0.4, 0.5) is 0 Å². The Morgan fingerprint density at radius 1 is 0.738 bits per heavy atom. The van der Waals surface area contributed by atoms with Crippen molar-refractivity contribution in [1.82, 2.24) is 9.80 Å². The molecule has 2 saturated heterocycles. The second-order valence-electron chi connectivity index (χ2n) is 12.4. The molecule has 0 saturated carbocycles. The smallest absolute Gasteiger partial charge is 0.328 e. The summed E-state index contributed by atoms with van der Waals surface area (Å²) in [6, 6.07) is -0.603. The second-order valence-corrected chi connectivity index (χ2v) is 12.4. The quantitative estimate of drug-likeness (QED) is 0.103. The zero-order chi connectivity index (χ0) is 30.7. The molecule has 0 aromatic rings. The third-order valence-electron chi connectivity index (χ3n) is 9.12. The summed E-state index contributed by atoms with van der Waals surface area (Å²) in [4.78, 5) is 67.1. The van der Waals surface area contributed by atoms with Crippen LogP contribution in [0.2, 0.25) is 0 Å². The Morgan fingerprint density at radius 2 is 1.31 bits per heavy atom. The molecule has 8 nitrogen and oxygen atoms in total. The van der Waals surface area contributed by atoms with Crippen LogP contribution in [-0.4, -0.2) is 70.9 Å². The maximum atomic E-state index is 13.0. The lowest BCUT2D eigenvalue weighted by atomic mass is 9.92. The van der Waals surface area contributed by atoms with Gasteiger partial charge in [0.05, 0.1) is 7.11 Å². The monoisotopic (exact) mass is 590 g/mol. The van der Waals surface area contributed by atoms with Crippen molar-refractivity contribution in [2.75, 3.05) is 13.7 Å². The summed E-state index contributed by atoms with van der Waals surface area (Å²) in [7, 11) is 1.37. The van der Waals surface area contributed by atoms with Gasteiger partial charge >= 0.3 is 5.97 Å². The zero-order valence-corrected chi connectivity index (χ0v) is 26.8. The number of piperidine rings is 2. The molecule has 2 amide bonds. The molecule has 8 heteroatoms. The van der Waals surface area contributed by atoms with Gasteiger partial charge in [0, 0.05) is 57.2 Å². The maximum absolute atomic E-state index is 13.0. The first-order valence-electron chi connectivity index (χ1n) is 17.0. The Balaban J connectivity index is 1.87. The van der Waals surface area contributed by atoms with Crippen molar-refractivity contribution in [3.63, 3.8) is 0 Å². The first kappa shape index (κ1) is 35.9. The standard InChI is InChI=1S/C34H58N2O6/c1-4-6-9-17-29(37)24-22-27-15-13-20-32(39)35(27)26-12-8-11-19-31(34(41)42-3)36-28(16-14-21-33(36)40)23-25-30(38)18-10-7-5-2/h27-28,31H,4-26H2,1-3H3. The van der Waals surface area contributed by atoms with Crippen LogP contribution in [0, 0.1) is 0 Å². The van der Waals surface area contributed by atoms with Gasteiger partial charge in [-0.25, -0.2) is 4.79 Å². The molecule has 240 valence electrons. The summed E-state index contributed by atoms with van der Waals surface area (Å²) in [5.41, 5.74) is 0. The number of rotatable bonds is 22. The van der Waals surface area contributed by atoms with Crippen LogP contribution in [0.25, 0.3) is 0 Å². The number of amides is 2. The van der Waals surface area contributed by atoms with E-state index >= 15 is 0 Å². The number of carbonyl (C=O) groups is 5. The molecule has 0 radical (unpaired) electrons. The third-order valence-corrected chi connectivity index (χ3v) is 9.12. The van der Waals surface area contributed by atoms with E-state index in [1.807, 2.05) is 4.90 Å². The fourth-order valence-corrected chi connectivity index (χ4v) is 6.62. The average molecular weight is 591 g/mol. The number of unbranched alkanes of at least 4 members (excludes halogenated alkanes) is 6. The molecule has 2 aliphatic heterocycles. The Bertz CT molecular complexity index is 859. The first-order valence-corrected chi connectivity index (χ1v) is 17.0. The van der Waals surface area contributed by atoms with E-state index < -0.39 is 6.04 Å². The van der Waals surface area contributed by atoms with Gasteiger partial charge < -0.3 is 14.5 Å². The molecule has 0 aromatic carbocycles. The number of likely N-dealkylation sites (tertiary alicyclic amines) is 2. The third kappa shape index (κ3) is 12.5. The minimum absolute atomic E-state index is 0.0221. The van der Waals surface area contributed by atoms with Gasteiger partial charge in [-0.1, -0.05) is 52.4 Å². The molecule has 42 heavy (non-hydrogen) atoms. The van der Waals surface area contributed by atoms with Crippen molar-refractivity contribution in [3.8, 4) is 0 Å². The van der Waals surface area contributed by atoms with E-state index in [-0.39, 0.29) is 35.7 Å². The van der Waals surface area contributed by atoms with Gasteiger partial charge in [0.25, 0.3) is 0 Å². The molecule has 2 fully saturated rings. The van der Waals surface area contributed by atoms with Crippen molar-refractivity contribution >= 4 is 29.4 Å². The SMILES string of the molecule is CCCCCC(=O)CCC1CCCC(=O)N1CCCCCC(C(=O)OC)N1C(=O)CCCC1CCC(=O)CCCCC. The summed E-state index contributed by atoms with van der Waals surface area (Å²) in [5.74, 6) is 0.317. The van der Waals surface area contributed by atoms with E-state index in [9.17, 15) is 24.0 Å². The molecule has 0 N–H and O–H groups in total. The van der Waals surface area contributed by atoms with Crippen molar-refractivity contribution in [1.29, 1.82) is 0 Å². The van der Waals surface area contributed by atoms with Crippen LogP contribution in [-0.2, 0) is 28.7 Å². The van der Waals surface area contributed by atoms with Gasteiger partial charge in [-0.15, -0.1) is 0 Å². The van der Waals surface area contributed by atoms with Gasteiger partial charge in [0.15, 0.2) is 0 Å². The molecule has 3 unspecified atom stereocenters. The van der Waals surface area contributed by atoms with E-state index in [1.165, 1.54) is 7.11 Å². The average Bonchev–Trinajstić information content (AvgIpc) is 2.98. The number of Topliss-reactive ketones (excluding diaryl/α,β-unsaturated/α-hetero) is 2. The lowest BCUT2D eigenvalue weighted by molar-refractivity contribution is -0.157. The zero-order valence-electron chi connectivity index (χ0n) is 26.8. The lowest BCUT2D eigenvalue weighted by Crippen LogP contribution is -2.53. The van der Waals surface area contributed by atoms with Crippen LogP contribution in [0.3, 0.4) is 0 Å². The second kappa shape index (κ2) is 20.6. The van der Waals surface area contributed by atoms with E-state index in [4.69, 9.17) is 4.74 Å². The number of ether oxygens (including phenoxy) is 1. The predicted molar refractivity (Wildman–Crippen MR) is 165 cm³/mol. The number of nitrogens with zero attached hydrogens (tertiary/aromatic N) is 2. The van der Waals surface area contributed by atoms with Crippen molar-refractivity contribution in [2.24, 2.45) is 0 Å². The number of hydrogen-bond acceptors (Lipinski definition) is 6. The maximum Gasteiger partial charge on any atom is 0.328 e. The predicted octanol–water partition coefficient (Wildman–Crippen LogP) is 6.71. The van der Waals surface area contributed by atoms with Gasteiger partial charge in [0.1, 0.15) is 17.6 Å². The first-order chi connectivity index (χ1) is 20.3. The van der Waals surface area contributed by atoms with Crippen LogP contribution in [0.15, 0.2) is 0 Å². The Hall–Kier alpha value is -2.25. The molecule has 0 aromatic heterocycles. The number of methoxy groups -OCH3 is 1. The van der Waals surface area contributed by atoms with E-state index in [0.29, 0.717) is 63.7 Å². The molecule has 0 spiro atoms. The van der Waals surface area contributed by atoms with Crippen LogP contribution in [0.1, 0.15) is 155 Å². The summed E-state index contributed by atoms with van der Waals surface area (Å²) in [5, 5.41) is 0. The molecular formula is C34H58N2O6. The number of carbonyl (C=O) groups excluding carboxylic acids is 5. The van der Waals surface area contributed by atoms with Gasteiger partial charge in [-0.3, -0.25) is 19.2 Å². The van der Waals surface area contributed by atoms with Crippen molar-refractivity contribution in [2.45, 2.75) is 173 Å². The minimum Gasteiger partial charge on any atom is -0.467 e. The molecular weight excluding hydrogens is 532 g/mol. The normalized spacial score (nSPS) is 20.1. The van der Waals surface area contributed by atoms with Crippen LogP contribution in [0.5, 0.6) is 0 Å². The molecule has 2 heterocycles. The molecule has 2 rings (SSSR count). The van der Waals surface area contributed by atoms with Crippen molar-refractivity contribution < 1.29 is 28.7 Å². The van der Waals surface area contributed by atoms with E-state index in [0.717, 1.165) is 89.9 Å². The molecule has 0 bridgehead atoms. The lowest BCUT2D eigenvalue weighted by Gasteiger charge is -2.40. The topological polar surface area (TPSA) is 101 Å². The van der Waals surface area contributed by atoms with Crippen LogP contribution >= 0.6 is 0 Å². The molecule has 0 aliphatic carbocycles. The molecule has 2 aliphatic rings. The fraction of sp³-hybridized carbons (Fsp3) is 0.853. The fourth-order valence-electron chi connectivity index (χ4n) is 6.62.